The van der Waals surface area contributed by atoms with Gasteiger partial charge in [0.1, 0.15) is 5.02 Å². The molecule has 5 rings (SSSR count). The number of carbonyl (C=O) groups is 4. The number of benzene rings is 1. The number of amides is 3. The standard InChI is InChI=1S/C29H35ClN8O2.2C2HF3O2/c1-29(2,3)37-28(40)38-10-8-18(9-11-38)13-25(39)35-24-7-6-21-14-20(24)5-4-19-12-22(16-31-15-19)34-27-32-17-23(30)26(33-21)36-27;2*3-2(4,5)1(6)7/h6-7,12,14-18H,4-5,8-11,13H2,1-3H3,(H,35,39)(H,37,40)(H2,32,33,34,36);2*(H,6,7). The highest BCUT2D eigenvalue weighted by atomic mass is 35.5. The molecular weight excluding hydrogens is 754 g/mol. The molecule has 2 aliphatic heterocycles. The van der Waals surface area contributed by atoms with Crippen LogP contribution in [-0.2, 0) is 27.2 Å². The topological polar surface area (TPSA) is 199 Å². The van der Waals surface area contributed by atoms with E-state index in [0.29, 0.717) is 42.7 Å². The second-order valence-electron chi connectivity index (χ2n) is 13.1. The number of likely N-dealkylation sites (tertiary alicyclic amines) is 1. The summed E-state index contributed by atoms with van der Waals surface area (Å²) in [7, 11) is 0. The molecule has 14 nitrogen and oxygen atoms in total. The van der Waals surface area contributed by atoms with Crippen LogP contribution in [0.5, 0.6) is 0 Å². The summed E-state index contributed by atoms with van der Waals surface area (Å²) in [6, 6.07) is 7.81. The molecule has 1 fully saturated rings. The van der Waals surface area contributed by atoms with Crippen molar-refractivity contribution < 1.29 is 55.7 Å². The number of carbonyl (C=O) groups excluding carboxylic acids is 2. The summed E-state index contributed by atoms with van der Waals surface area (Å²) < 4.78 is 63.5. The number of fused-ring (bicyclic) bond motifs is 6. The minimum absolute atomic E-state index is 0.0196. The third-order valence-corrected chi connectivity index (χ3v) is 7.74. The van der Waals surface area contributed by atoms with Crippen LogP contribution < -0.4 is 21.3 Å². The van der Waals surface area contributed by atoms with Gasteiger partial charge >= 0.3 is 30.3 Å². The number of halogens is 7. The van der Waals surface area contributed by atoms with Crippen molar-refractivity contribution in [1.29, 1.82) is 0 Å². The van der Waals surface area contributed by atoms with E-state index in [4.69, 9.17) is 31.4 Å². The Balaban J connectivity index is 0.000000476. The zero-order chi connectivity index (χ0) is 40.4. The van der Waals surface area contributed by atoms with E-state index in [-0.39, 0.29) is 23.4 Å². The molecule has 6 bridgehead atoms. The van der Waals surface area contributed by atoms with Crippen LogP contribution in [0.1, 0.15) is 51.2 Å². The highest BCUT2D eigenvalue weighted by molar-refractivity contribution is 6.32. The lowest BCUT2D eigenvalue weighted by molar-refractivity contribution is -0.193. The fourth-order valence-corrected chi connectivity index (χ4v) is 5.09. The van der Waals surface area contributed by atoms with Crippen LogP contribution in [0.3, 0.4) is 0 Å². The number of nitrogens with zero attached hydrogens (tertiary/aromatic N) is 4. The molecule has 4 heterocycles. The molecule has 0 unspecified atom stereocenters. The number of aliphatic carboxylic acids is 2. The molecule has 0 aliphatic carbocycles. The Bertz CT molecular complexity index is 1790. The molecule has 0 radical (unpaired) electrons. The normalized spacial score (nSPS) is 14.4. The van der Waals surface area contributed by atoms with Gasteiger partial charge in [-0.15, -0.1) is 0 Å². The van der Waals surface area contributed by atoms with Gasteiger partial charge < -0.3 is 36.4 Å². The zero-order valence-corrected chi connectivity index (χ0v) is 29.8. The third kappa shape index (κ3) is 14.2. The van der Waals surface area contributed by atoms with Crippen molar-refractivity contribution >= 4 is 64.3 Å². The van der Waals surface area contributed by atoms with Crippen LogP contribution in [0.15, 0.2) is 42.9 Å². The van der Waals surface area contributed by atoms with Crippen LogP contribution in [0.25, 0.3) is 0 Å². The van der Waals surface area contributed by atoms with Crippen LogP contribution in [-0.4, -0.2) is 84.9 Å². The molecule has 0 spiro atoms. The SMILES string of the molecule is CC(C)(C)NC(=O)N1CCC(CC(=O)Nc2ccc3cc2CCc2cncc(c2)Nc2ncc(Cl)c(n2)N3)CC1.O=C(O)C(F)(F)F.O=C(O)C(F)(F)F. The lowest BCUT2D eigenvalue weighted by Crippen LogP contribution is -2.50. The molecule has 2 aliphatic rings. The van der Waals surface area contributed by atoms with E-state index in [0.717, 1.165) is 47.5 Å². The number of carboxylic acids is 2. The lowest BCUT2D eigenvalue weighted by Gasteiger charge is -2.34. The van der Waals surface area contributed by atoms with Crippen LogP contribution in [0.2, 0.25) is 5.02 Å². The van der Waals surface area contributed by atoms with Gasteiger partial charge in [-0.3, -0.25) is 9.78 Å². The van der Waals surface area contributed by atoms with Gasteiger partial charge in [-0.25, -0.2) is 19.4 Å². The number of carboxylic acid groups (broad SMARTS) is 2. The number of hydrogen-bond acceptors (Lipinski definition) is 9. The number of anilines is 5. The smallest absolute Gasteiger partial charge is 0.475 e. The van der Waals surface area contributed by atoms with E-state index in [1.54, 1.807) is 12.4 Å². The fraction of sp³-hybridized carbons (Fsp3) is 0.424. The summed E-state index contributed by atoms with van der Waals surface area (Å²) in [5.41, 5.74) is 4.15. The van der Waals surface area contributed by atoms with E-state index in [2.05, 4.69) is 36.2 Å². The molecule has 3 amide bonds. The van der Waals surface area contributed by atoms with Crippen LogP contribution in [0.4, 0.5) is 60.0 Å². The predicted molar refractivity (Wildman–Crippen MR) is 185 cm³/mol. The Kier molecular flexibility index (Phi) is 14.4. The summed E-state index contributed by atoms with van der Waals surface area (Å²) >= 11 is 6.37. The first-order valence-corrected chi connectivity index (χ1v) is 16.5. The molecule has 0 atom stereocenters. The van der Waals surface area contributed by atoms with Crippen molar-refractivity contribution in [3.63, 3.8) is 0 Å². The summed E-state index contributed by atoms with van der Waals surface area (Å²) in [5, 5.41) is 27.3. The number of aromatic nitrogens is 3. The number of nitrogens with one attached hydrogen (secondary N) is 4. The average molecular weight is 791 g/mol. The molecule has 21 heteroatoms. The zero-order valence-electron chi connectivity index (χ0n) is 29.0. The van der Waals surface area contributed by atoms with Crippen LogP contribution >= 0.6 is 11.6 Å². The van der Waals surface area contributed by atoms with Crippen molar-refractivity contribution in [3.05, 3.63) is 59.0 Å². The maximum absolute atomic E-state index is 13.1. The van der Waals surface area contributed by atoms with E-state index >= 15 is 0 Å². The Hall–Kier alpha value is -5.40. The number of pyridine rings is 1. The molecule has 294 valence electrons. The number of rotatable bonds is 3. The average Bonchev–Trinajstić information content (AvgIpc) is 3.06. The second kappa shape index (κ2) is 18.1. The summed E-state index contributed by atoms with van der Waals surface area (Å²) in [5.74, 6) is -4.41. The Morgan fingerprint density at radius 2 is 1.50 bits per heavy atom. The van der Waals surface area contributed by atoms with Gasteiger partial charge in [0.25, 0.3) is 0 Å². The van der Waals surface area contributed by atoms with Gasteiger partial charge in [0.15, 0.2) is 5.82 Å². The maximum atomic E-state index is 13.1. The van der Waals surface area contributed by atoms with Crippen molar-refractivity contribution in [2.24, 2.45) is 5.92 Å². The highest BCUT2D eigenvalue weighted by Gasteiger charge is 2.39. The monoisotopic (exact) mass is 790 g/mol. The highest BCUT2D eigenvalue weighted by Crippen LogP contribution is 2.30. The lowest BCUT2D eigenvalue weighted by atomic mass is 9.93. The molecule has 2 aromatic heterocycles. The molecular formula is C33H37ClF6N8O6. The van der Waals surface area contributed by atoms with Gasteiger partial charge in [0, 0.05) is 42.6 Å². The predicted octanol–water partition coefficient (Wildman–Crippen LogP) is 6.93. The second-order valence-corrected chi connectivity index (χ2v) is 13.5. The number of piperidine rings is 1. The molecule has 1 aromatic carbocycles. The number of hydrogen-bond donors (Lipinski definition) is 6. The summed E-state index contributed by atoms with van der Waals surface area (Å²) in [6.45, 7) is 7.23. The first-order valence-electron chi connectivity index (χ1n) is 16.1. The van der Waals surface area contributed by atoms with Gasteiger partial charge in [0.2, 0.25) is 11.9 Å². The molecule has 1 saturated heterocycles. The van der Waals surface area contributed by atoms with E-state index in [9.17, 15) is 35.9 Å². The maximum Gasteiger partial charge on any atom is 0.490 e. The Labute approximate surface area is 309 Å². The van der Waals surface area contributed by atoms with Gasteiger partial charge in [-0.05, 0) is 87.8 Å². The van der Waals surface area contributed by atoms with E-state index in [1.807, 2.05) is 56.1 Å². The summed E-state index contributed by atoms with van der Waals surface area (Å²) in [6.07, 6.45) is -1.58. The Morgan fingerprint density at radius 3 is 2.07 bits per heavy atom. The molecule has 6 N–H and O–H groups in total. The molecule has 54 heavy (non-hydrogen) atoms. The third-order valence-electron chi connectivity index (χ3n) is 7.46. The number of urea groups is 1. The fourth-order valence-electron chi connectivity index (χ4n) is 4.96. The first kappa shape index (κ1) is 43.0. The number of alkyl halides is 6. The van der Waals surface area contributed by atoms with Crippen molar-refractivity contribution in [2.45, 2.75) is 70.8 Å². The van der Waals surface area contributed by atoms with Crippen molar-refractivity contribution in [1.82, 2.24) is 25.2 Å². The van der Waals surface area contributed by atoms with Crippen LogP contribution in [0, 0.1) is 5.92 Å². The Morgan fingerprint density at radius 1 is 0.889 bits per heavy atom. The van der Waals surface area contributed by atoms with Gasteiger partial charge in [0.05, 0.1) is 18.1 Å². The summed E-state index contributed by atoms with van der Waals surface area (Å²) in [4.78, 5) is 58.4. The van der Waals surface area contributed by atoms with Gasteiger partial charge in [-0.2, -0.15) is 31.3 Å². The first-order chi connectivity index (χ1) is 25.0. The largest absolute Gasteiger partial charge is 0.490 e. The van der Waals surface area contributed by atoms with E-state index in [1.165, 1.54) is 0 Å². The minimum atomic E-state index is -5.08. The minimum Gasteiger partial charge on any atom is -0.475 e. The molecule has 0 saturated carbocycles. The van der Waals surface area contributed by atoms with Gasteiger partial charge in [-0.1, -0.05) is 11.6 Å². The molecule has 3 aromatic rings. The van der Waals surface area contributed by atoms with Crippen molar-refractivity contribution in [3.8, 4) is 0 Å². The quantitative estimate of drug-likeness (QED) is 0.151. The number of aryl methyl sites for hydroxylation is 2. The van der Waals surface area contributed by atoms with Crippen molar-refractivity contribution in [2.75, 3.05) is 29.0 Å². The van der Waals surface area contributed by atoms with E-state index < -0.39 is 24.3 Å².